The lowest BCUT2D eigenvalue weighted by molar-refractivity contribution is -0.132. The number of nitrogens with zero attached hydrogens (tertiary/aromatic N) is 1. The van der Waals surface area contributed by atoms with Crippen LogP contribution in [0.1, 0.15) is 57.8 Å². The Bertz CT molecular complexity index is 404. The first-order valence-corrected chi connectivity index (χ1v) is 8.05. The van der Waals surface area contributed by atoms with E-state index in [0.29, 0.717) is 6.42 Å². The Hall–Kier alpha value is -1.41. The number of nitriles is 1. The van der Waals surface area contributed by atoms with Gasteiger partial charge in [-0.1, -0.05) is 19.3 Å². The SMILES string of the molecule is N#CC(C(=O)CCC1CCCO1)C(=O)NC1CCCCC1. The highest BCUT2D eigenvalue weighted by atomic mass is 16.5. The van der Waals surface area contributed by atoms with E-state index in [1.807, 2.05) is 6.07 Å². The lowest BCUT2D eigenvalue weighted by Crippen LogP contribution is -2.42. The Labute approximate surface area is 126 Å². The molecule has 1 saturated heterocycles. The number of hydrogen-bond acceptors (Lipinski definition) is 4. The van der Waals surface area contributed by atoms with Crippen LogP contribution in [-0.2, 0) is 14.3 Å². The van der Waals surface area contributed by atoms with E-state index in [-0.39, 0.29) is 24.3 Å². The molecule has 1 amide bonds. The summed E-state index contributed by atoms with van der Waals surface area (Å²) < 4.78 is 5.46. The van der Waals surface area contributed by atoms with Gasteiger partial charge in [0.2, 0.25) is 5.91 Å². The average Bonchev–Trinajstić information content (AvgIpc) is 3.00. The number of Topliss-reactive ketones (excluding diaryl/α,β-unsaturated/α-hetero) is 1. The summed E-state index contributed by atoms with van der Waals surface area (Å²) in [6.07, 6.45) is 8.31. The van der Waals surface area contributed by atoms with Crippen molar-refractivity contribution in [3.05, 3.63) is 0 Å². The summed E-state index contributed by atoms with van der Waals surface area (Å²) in [4.78, 5) is 24.2. The van der Waals surface area contributed by atoms with Gasteiger partial charge in [0, 0.05) is 19.1 Å². The van der Waals surface area contributed by atoms with Gasteiger partial charge >= 0.3 is 0 Å². The molecule has 0 aromatic carbocycles. The van der Waals surface area contributed by atoms with Crippen molar-refractivity contribution in [1.29, 1.82) is 5.26 Å². The van der Waals surface area contributed by atoms with Crippen LogP contribution in [0.25, 0.3) is 0 Å². The van der Waals surface area contributed by atoms with E-state index in [1.54, 1.807) is 0 Å². The maximum Gasteiger partial charge on any atom is 0.245 e. The number of hydrogen-bond donors (Lipinski definition) is 1. The summed E-state index contributed by atoms with van der Waals surface area (Å²) in [5, 5.41) is 12.0. The Morgan fingerprint density at radius 3 is 2.57 bits per heavy atom. The normalized spacial score (nSPS) is 24.2. The highest BCUT2D eigenvalue weighted by Crippen LogP contribution is 2.20. The molecule has 1 N–H and O–H groups in total. The van der Waals surface area contributed by atoms with Gasteiger partial charge in [-0.05, 0) is 32.1 Å². The van der Waals surface area contributed by atoms with E-state index in [2.05, 4.69) is 5.32 Å². The summed E-state index contributed by atoms with van der Waals surface area (Å²) in [5.74, 6) is -1.85. The second-order valence-electron chi connectivity index (χ2n) is 6.05. The van der Waals surface area contributed by atoms with E-state index in [1.165, 1.54) is 6.42 Å². The molecule has 1 aliphatic carbocycles. The predicted molar refractivity (Wildman–Crippen MR) is 77.3 cm³/mol. The number of ketones is 1. The largest absolute Gasteiger partial charge is 0.378 e. The smallest absolute Gasteiger partial charge is 0.245 e. The average molecular weight is 292 g/mol. The maximum atomic E-state index is 12.1. The molecule has 0 aromatic rings. The van der Waals surface area contributed by atoms with E-state index < -0.39 is 11.8 Å². The van der Waals surface area contributed by atoms with Gasteiger partial charge in [0.1, 0.15) is 0 Å². The number of nitrogens with one attached hydrogen (secondary N) is 1. The number of carbonyl (C=O) groups is 2. The Kier molecular flexibility index (Phi) is 6.19. The molecule has 2 atom stereocenters. The number of carbonyl (C=O) groups excluding carboxylic acids is 2. The third-order valence-corrected chi connectivity index (χ3v) is 4.40. The summed E-state index contributed by atoms with van der Waals surface area (Å²) in [6, 6.07) is 2.00. The van der Waals surface area contributed by atoms with Crippen LogP contribution in [0.4, 0.5) is 0 Å². The van der Waals surface area contributed by atoms with Gasteiger partial charge in [0.15, 0.2) is 11.7 Å². The molecule has 0 radical (unpaired) electrons. The summed E-state index contributed by atoms with van der Waals surface area (Å²) in [7, 11) is 0. The quantitative estimate of drug-likeness (QED) is 0.760. The molecule has 21 heavy (non-hydrogen) atoms. The third-order valence-electron chi connectivity index (χ3n) is 4.40. The van der Waals surface area contributed by atoms with Crippen molar-refractivity contribution in [3.8, 4) is 6.07 Å². The number of ether oxygens (including phenoxy) is 1. The van der Waals surface area contributed by atoms with Gasteiger partial charge in [-0.2, -0.15) is 5.26 Å². The van der Waals surface area contributed by atoms with Crippen molar-refractivity contribution in [3.63, 3.8) is 0 Å². The van der Waals surface area contributed by atoms with E-state index in [4.69, 9.17) is 10.00 Å². The molecule has 0 spiro atoms. The highest BCUT2D eigenvalue weighted by Gasteiger charge is 2.29. The molecule has 0 aromatic heterocycles. The molecule has 1 aliphatic heterocycles. The van der Waals surface area contributed by atoms with E-state index in [0.717, 1.165) is 45.1 Å². The van der Waals surface area contributed by atoms with Crippen LogP contribution >= 0.6 is 0 Å². The monoisotopic (exact) mass is 292 g/mol. The first-order valence-electron chi connectivity index (χ1n) is 8.05. The minimum Gasteiger partial charge on any atom is -0.378 e. The lowest BCUT2D eigenvalue weighted by Gasteiger charge is -2.23. The van der Waals surface area contributed by atoms with Gasteiger partial charge in [0.05, 0.1) is 12.2 Å². The summed E-state index contributed by atoms with van der Waals surface area (Å²) in [5.41, 5.74) is 0. The molecule has 2 rings (SSSR count). The van der Waals surface area contributed by atoms with Gasteiger partial charge in [-0.3, -0.25) is 9.59 Å². The molecule has 1 saturated carbocycles. The van der Waals surface area contributed by atoms with Crippen molar-refractivity contribution in [2.75, 3.05) is 6.61 Å². The van der Waals surface area contributed by atoms with Crippen LogP contribution in [-0.4, -0.2) is 30.4 Å². The fourth-order valence-corrected chi connectivity index (χ4v) is 3.13. The van der Waals surface area contributed by atoms with Gasteiger partial charge in [-0.15, -0.1) is 0 Å². The fourth-order valence-electron chi connectivity index (χ4n) is 3.13. The standard InChI is InChI=1S/C16H24N2O3/c17-11-14(15(19)9-8-13-7-4-10-21-13)16(20)18-12-5-2-1-3-6-12/h12-14H,1-10H2,(H,18,20). The molecule has 2 aliphatic rings. The number of amides is 1. The van der Waals surface area contributed by atoms with Crippen molar-refractivity contribution >= 4 is 11.7 Å². The third kappa shape index (κ3) is 4.82. The molecule has 2 fully saturated rings. The lowest BCUT2D eigenvalue weighted by atomic mass is 9.93. The summed E-state index contributed by atoms with van der Waals surface area (Å²) >= 11 is 0. The molecular formula is C16H24N2O3. The Morgan fingerprint density at radius 1 is 1.19 bits per heavy atom. The Morgan fingerprint density at radius 2 is 1.95 bits per heavy atom. The minimum absolute atomic E-state index is 0.120. The topological polar surface area (TPSA) is 79.2 Å². The fraction of sp³-hybridized carbons (Fsp3) is 0.812. The Balaban J connectivity index is 1.78. The van der Waals surface area contributed by atoms with Crippen LogP contribution in [0.5, 0.6) is 0 Å². The van der Waals surface area contributed by atoms with Crippen LogP contribution in [0, 0.1) is 17.2 Å². The van der Waals surface area contributed by atoms with Crippen molar-refractivity contribution in [2.45, 2.75) is 69.9 Å². The van der Waals surface area contributed by atoms with Gasteiger partial charge < -0.3 is 10.1 Å². The van der Waals surface area contributed by atoms with E-state index in [9.17, 15) is 9.59 Å². The molecule has 1 heterocycles. The second kappa shape index (κ2) is 8.14. The minimum atomic E-state index is -1.16. The van der Waals surface area contributed by atoms with Gasteiger partial charge in [0.25, 0.3) is 0 Å². The van der Waals surface area contributed by atoms with Crippen LogP contribution in [0.3, 0.4) is 0 Å². The molecule has 0 bridgehead atoms. The maximum absolute atomic E-state index is 12.1. The molecular weight excluding hydrogens is 268 g/mol. The van der Waals surface area contributed by atoms with Crippen molar-refractivity contribution < 1.29 is 14.3 Å². The first kappa shape index (κ1) is 16.0. The zero-order valence-electron chi connectivity index (χ0n) is 12.5. The predicted octanol–water partition coefficient (Wildman–Crippen LogP) is 2.10. The van der Waals surface area contributed by atoms with Crippen LogP contribution in [0.2, 0.25) is 0 Å². The zero-order chi connectivity index (χ0) is 15.1. The molecule has 116 valence electrons. The highest BCUT2D eigenvalue weighted by molar-refractivity contribution is 6.04. The van der Waals surface area contributed by atoms with Crippen LogP contribution < -0.4 is 5.32 Å². The van der Waals surface area contributed by atoms with Crippen molar-refractivity contribution in [2.24, 2.45) is 5.92 Å². The molecule has 5 heteroatoms. The van der Waals surface area contributed by atoms with Crippen molar-refractivity contribution in [1.82, 2.24) is 5.32 Å². The number of rotatable bonds is 6. The second-order valence-corrected chi connectivity index (χ2v) is 6.05. The van der Waals surface area contributed by atoms with E-state index >= 15 is 0 Å². The zero-order valence-corrected chi connectivity index (χ0v) is 12.5. The summed E-state index contributed by atoms with van der Waals surface area (Å²) in [6.45, 7) is 0.753. The van der Waals surface area contributed by atoms with Gasteiger partial charge in [-0.25, -0.2) is 0 Å². The molecule has 2 unspecified atom stereocenters. The first-order chi connectivity index (χ1) is 10.2. The molecule has 5 nitrogen and oxygen atoms in total. The van der Waals surface area contributed by atoms with Crippen LogP contribution in [0.15, 0.2) is 0 Å².